The number of sulfonamides is 1. The molecule has 0 fully saturated rings. The van der Waals surface area contributed by atoms with Crippen LogP contribution in [0.4, 0.5) is 5.69 Å². The zero-order valence-corrected chi connectivity index (χ0v) is 19.6. The summed E-state index contributed by atoms with van der Waals surface area (Å²) in [6, 6.07) is 12.5. The number of aryl methyl sites for hydroxylation is 2. The fraction of sp³-hybridized carbons (Fsp3) is 0.261. The molecular formula is C23H26N6O3S. The van der Waals surface area contributed by atoms with Crippen molar-refractivity contribution in [3.63, 3.8) is 0 Å². The normalized spacial score (nSPS) is 11.9. The molecule has 10 heteroatoms. The van der Waals surface area contributed by atoms with Gasteiger partial charge < -0.3 is 14.5 Å². The molecule has 33 heavy (non-hydrogen) atoms. The molecule has 1 N–H and O–H groups in total. The largest absolute Gasteiger partial charge is 0.328 e. The smallest absolute Gasteiger partial charge is 0.242 e. The van der Waals surface area contributed by atoms with Crippen molar-refractivity contribution in [3.05, 3.63) is 67.0 Å². The molecule has 0 aliphatic rings. The van der Waals surface area contributed by atoms with Crippen LogP contribution in [0.2, 0.25) is 0 Å². The van der Waals surface area contributed by atoms with Crippen LogP contribution in [0, 0.1) is 0 Å². The van der Waals surface area contributed by atoms with Gasteiger partial charge in [0, 0.05) is 57.3 Å². The summed E-state index contributed by atoms with van der Waals surface area (Å²) >= 11 is 0. The Hall–Kier alpha value is -3.50. The molecule has 9 nitrogen and oxygen atoms in total. The highest BCUT2D eigenvalue weighted by Gasteiger charge is 2.19. The molecule has 2 heterocycles. The van der Waals surface area contributed by atoms with E-state index in [1.54, 1.807) is 30.7 Å². The molecule has 172 valence electrons. The third-order valence-electron chi connectivity index (χ3n) is 5.42. The molecule has 4 aromatic rings. The first-order valence-corrected chi connectivity index (χ1v) is 12.0. The maximum Gasteiger partial charge on any atom is 0.242 e. The first kappa shape index (κ1) is 22.7. The van der Waals surface area contributed by atoms with E-state index in [9.17, 15) is 13.2 Å². The summed E-state index contributed by atoms with van der Waals surface area (Å²) in [6.45, 7) is 2.67. The van der Waals surface area contributed by atoms with E-state index in [0.29, 0.717) is 24.2 Å². The number of benzene rings is 2. The molecule has 2 aromatic carbocycles. The average molecular weight is 467 g/mol. The number of nitrogens with one attached hydrogen (secondary N) is 1. The lowest BCUT2D eigenvalue weighted by Crippen LogP contribution is -2.22. The molecule has 0 aliphatic carbocycles. The lowest BCUT2D eigenvalue weighted by atomic mass is 10.2. The van der Waals surface area contributed by atoms with Crippen LogP contribution in [-0.4, -0.2) is 51.8 Å². The number of hydrogen-bond acceptors (Lipinski definition) is 5. The van der Waals surface area contributed by atoms with Crippen molar-refractivity contribution in [1.29, 1.82) is 0 Å². The van der Waals surface area contributed by atoms with Gasteiger partial charge in [-0.3, -0.25) is 4.79 Å². The molecular weight excluding hydrogens is 440 g/mol. The molecule has 0 saturated carbocycles. The number of nitrogens with zero attached hydrogens (tertiary/aromatic N) is 5. The Morgan fingerprint density at radius 2 is 1.88 bits per heavy atom. The molecule has 0 radical (unpaired) electrons. The third kappa shape index (κ3) is 4.67. The summed E-state index contributed by atoms with van der Waals surface area (Å²) in [6.07, 6.45) is 5.98. The Balaban J connectivity index is 1.46. The highest BCUT2D eigenvalue weighted by Crippen LogP contribution is 2.23. The van der Waals surface area contributed by atoms with Gasteiger partial charge >= 0.3 is 0 Å². The lowest BCUT2D eigenvalue weighted by Gasteiger charge is -2.11. The molecule has 0 unspecified atom stereocenters. The van der Waals surface area contributed by atoms with Crippen LogP contribution in [0.25, 0.3) is 16.7 Å². The van der Waals surface area contributed by atoms with Crippen LogP contribution < -0.4 is 5.32 Å². The molecule has 0 aliphatic heterocycles. The fourth-order valence-electron chi connectivity index (χ4n) is 3.65. The Labute approximate surface area is 192 Å². The number of amides is 1. The second kappa shape index (κ2) is 9.16. The first-order valence-electron chi connectivity index (χ1n) is 10.6. The summed E-state index contributed by atoms with van der Waals surface area (Å²) in [5.74, 6) is 0.633. The van der Waals surface area contributed by atoms with Crippen LogP contribution >= 0.6 is 0 Å². The highest BCUT2D eigenvalue weighted by atomic mass is 32.2. The van der Waals surface area contributed by atoms with Crippen molar-refractivity contribution in [3.8, 4) is 5.69 Å². The lowest BCUT2D eigenvalue weighted by molar-refractivity contribution is -0.116. The third-order valence-corrected chi connectivity index (χ3v) is 7.23. The molecule has 0 atom stereocenters. The highest BCUT2D eigenvalue weighted by molar-refractivity contribution is 7.89. The number of carbonyl (C=O) groups is 1. The van der Waals surface area contributed by atoms with E-state index in [4.69, 9.17) is 0 Å². The number of anilines is 1. The summed E-state index contributed by atoms with van der Waals surface area (Å²) in [5.41, 5.74) is 3.12. The van der Waals surface area contributed by atoms with Crippen LogP contribution in [0.15, 0.2) is 66.1 Å². The minimum absolute atomic E-state index is 0.115. The number of carbonyl (C=O) groups excluding carboxylic acids is 1. The number of fused-ring (bicyclic) bond motifs is 1. The number of rotatable bonds is 8. The van der Waals surface area contributed by atoms with Crippen LogP contribution in [0.3, 0.4) is 0 Å². The van der Waals surface area contributed by atoms with E-state index in [0.717, 1.165) is 17.0 Å². The van der Waals surface area contributed by atoms with Gasteiger partial charge in [-0.25, -0.2) is 22.7 Å². The Kier molecular flexibility index (Phi) is 6.30. The van der Waals surface area contributed by atoms with Crippen molar-refractivity contribution in [2.24, 2.45) is 0 Å². The maximum atomic E-state index is 12.5. The van der Waals surface area contributed by atoms with Gasteiger partial charge in [-0.1, -0.05) is 0 Å². The summed E-state index contributed by atoms with van der Waals surface area (Å²) in [7, 11) is -0.543. The Morgan fingerprint density at radius 1 is 1.12 bits per heavy atom. The van der Waals surface area contributed by atoms with Gasteiger partial charge in [0.15, 0.2) is 0 Å². The van der Waals surface area contributed by atoms with Crippen LogP contribution in [-0.2, 0) is 27.8 Å². The molecule has 1 amide bonds. The van der Waals surface area contributed by atoms with Crippen molar-refractivity contribution in [2.75, 3.05) is 19.4 Å². The predicted molar refractivity (Wildman–Crippen MR) is 127 cm³/mol. The number of imidazole rings is 2. The molecule has 4 rings (SSSR count). The minimum atomic E-state index is -3.54. The molecule has 0 bridgehead atoms. The summed E-state index contributed by atoms with van der Waals surface area (Å²) in [5, 5.41) is 2.91. The Bertz CT molecular complexity index is 1370. The van der Waals surface area contributed by atoms with Gasteiger partial charge in [0.2, 0.25) is 15.9 Å². The average Bonchev–Trinajstić information content (AvgIpc) is 3.45. The van der Waals surface area contributed by atoms with E-state index in [2.05, 4.69) is 15.3 Å². The Morgan fingerprint density at radius 3 is 2.52 bits per heavy atom. The van der Waals surface area contributed by atoms with Gasteiger partial charge in [-0.2, -0.15) is 0 Å². The topological polar surface area (TPSA) is 102 Å². The van der Waals surface area contributed by atoms with Crippen molar-refractivity contribution in [2.45, 2.75) is 31.2 Å². The van der Waals surface area contributed by atoms with Crippen molar-refractivity contribution in [1.82, 2.24) is 23.4 Å². The quantitative estimate of drug-likeness (QED) is 0.430. The van der Waals surface area contributed by atoms with Crippen LogP contribution in [0.5, 0.6) is 0 Å². The van der Waals surface area contributed by atoms with Gasteiger partial charge in [0.1, 0.15) is 5.82 Å². The van der Waals surface area contributed by atoms with Gasteiger partial charge in [-0.15, -0.1) is 0 Å². The van der Waals surface area contributed by atoms with E-state index in [1.807, 2.05) is 46.5 Å². The standard InChI is InChI=1S/C23H26N6O3S/c1-4-29-21-10-9-19(33(31,32)27(2)3)15-20(21)26-22(29)11-12-23(30)25-17-5-7-18(8-6-17)28-14-13-24-16-28/h5-10,13-16H,4,11-12H2,1-3H3,(H,25,30). The second-order valence-electron chi connectivity index (χ2n) is 7.78. The minimum Gasteiger partial charge on any atom is -0.328 e. The second-order valence-corrected chi connectivity index (χ2v) is 9.93. The predicted octanol–water partition coefficient (Wildman–Crippen LogP) is 3.06. The molecule has 0 saturated heterocycles. The van der Waals surface area contributed by atoms with E-state index in [-0.39, 0.29) is 17.2 Å². The SMILES string of the molecule is CCn1c(CCC(=O)Nc2ccc(-n3ccnc3)cc2)nc2cc(S(=O)(=O)N(C)C)ccc21. The van der Waals surface area contributed by atoms with Gasteiger partial charge in [0.05, 0.1) is 22.3 Å². The van der Waals surface area contributed by atoms with Crippen LogP contribution in [0.1, 0.15) is 19.2 Å². The zero-order chi connectivity index (χ0) is 23.6. The van der Waals surface area contributed by atoms with Crippen molar-refractivity contribution < 1.29 is 13.2 Å². The summed E-state index contributed by atoms with van der Waals surface area (Å²) in [4.78, 5) is 21.4. The maximum absolute atomic E-state index is 12.5. The zero-order valence-electron chi connectivity index (χ0n) is 18.8. The number of hydrogen-bond donors (Lipinski definition) is 1. The monoisotopic (exact) mass is 466 g/mol. The first-order chi connectivity index (χ1) is 15.8. The van der Waals surface area contributed by atoms with E-state index < -0.39 is 10.0 Å². The van der Waals surface area contributed by atoms with Gasteiger partial charge in [-0.05, 0) is 49.4 Å². The summed E-state index contributed by atoms with van der Waals surface area (Å²) < 4.78 is 30.0. The van der Waals surface area contributed by atoms with Gasteiger partial charge in [0.25, 0.3) is 0 Å². The van der Waals surface area contributed by atoms with E-state index in [1.165, 1.54) is 18.4 Å². The molecule has 2 aromatic heterocycles. The van der Waals surface area contributed by atoms with E-state index >= 15 is 0 Å². The number of aromatic nitrogens is 4. The fourth-order valence-corrected chi connectivity index (χ4v) is 4.57. The molecule has 0 spiro atoms. The van der Waals surface area contributed by atoms with Crippen molar-refractivity contribution >= 4 is 32.7 Å².